The maximum absolute atomic E-state index is 11.5. The third-order valence-electron chi connectivity index (χ3n) is 1.73. The minimum Gasteiger partial charge on any atom is -0.266 e. The smallest absolute Gasteiger partial charge is 0.234 e. The van der Waals surface area contributed by atoms with E-state index in [-0.39, 0.29) is 10.8 Å². The van der Waals surface area contributed by atoms with E-state index in [9.17, 15) is 16.8 Å². The van der Waals surface area contributed by atoms with Crippen molar-refractivity contribution in [3.05, 3.63) is 23.4 Å². The first-order valence-electron chi connectivity index (χ1n) is 4.48. The number of rotatable bonds is 5. The molecular weight excluding hydrogens is 288 g/mol. The molecule has 1 N–H and O–H groups in total. The molecule has 0 radical (unpaired) electrons. The Kier molecular flexibility index (Phi) is 4.34. The number of pyridine rings is 1. The highest BCUT2D eigenvalue weighted by Gasteiger charge is 2.16. The zero-order valence-electron chi connectivity index (χ0n) is 8.92. The molecule has 96 valence electrons. The van der Waals surface area contributed by atoms with Crippen LogP contribution in [0.2, 0.25) is 5.02 Å². The van der Waals surface area contributed by atoms with E-state index in [2.05, 4.69) is 9.71 Å². The van der Waals surface area contributed by atoms with Crippen molar-refractivity contribution < 1.29 is 16.8 Å². The molecule has 1 heterocycles. The third-order valence-corrected chi connectivity index (χ3v) is 4.49. The van der Waals surface area contributed by atoms with Crippen LogP contribution in [-0.4, -0.2) is 39.6 Å². The Hall–Kier alpha value is -0.860. The van der Waals surface area contributed by atoms with Crippen molar-refractivity contribution in [1.29, 1.82) is 0 Å². The molecule has 9 heteroatoms. The molecule has 0 unspecified atom stereocenters. The molecule has 0 spiro atoms. The third kappa shape index (κ3) is 5.33. The lowest BCUT2D eigenvalue weighted by molar-refractivity contribution is 0.593. The van der Waals surface area contributed by atoms with Crippen LogP contribution < -0.4 is 4.72 Å². The molecule has 0 atom stereocenters. The number of hydrogen-bond donors (Lipinski definition) is 1. The van der Waals surface area contributed by atoms with Crippen LogP contribution >= 0.6 is 11.6 Å². The van der Waals surface area contributed by atoms with Gasteiger partial charge < -0.3 is 0 Å². The Bertz CT molecular complexity index is 598. The van der Waals surface area contributed by atoms with Gasteiger partial charge in [0.15, 0.2) is 5.82 Å². The summed E-state index contributed by atoms with van der Waals surface area (Å²) in [7, 11) is -7.10. The van der Waals surface area contributed by atoms with Crippen molar-refractivity contribution in [1.82, 2.24) is 4.98 Å². The first-order valence-corrected chi connectivity index (χ1v) is 8.57. The van der Waals surface area contributed by atoms with E-state index in [1.165, 1.54) is 12.3 Å². The minimum absolute atomic E-state index is 0.0114. The highest BCUT2D eigenvalue weighted by atomic mass is 35.5. The van der Waals surface area contributed by atoms with Crippen molar-refractivity contribution >= 4 is 37.3 Å². The molecule has 0 amide bonds. The standard InChI is InChI=1S/C8H11ClN2O4S2/c1-16(12,13)5-6-17(14,15)11-8-7(9)3-2-4-10-8/h2-4H,5-6H2,1H3,(H,10,11). The second-order valence-electron chi connectivity index (χ2n) is 3.38. The quantitative estimate of drug-likeness (QED) is 0.855. The minimum atomic E-state index is -3.77. The normalized spacial score (nSPS) is 12.4. The van der Waals surface area contributed by atoms with Gasteiger partial charge in [0.05, 0.1) is 16.5 Å². The van der Waals surface area contributed by atoms with Gasteiger partial charge in [-0.1, -0.05) is 11.6 Å². The lowest BCUT2D eigenvalue weighted by Crippen LogP contribution is -2.23. The summed E-state index contributed by atoms with van der Waals surface area (Å²) in [6.45, 7) is 0. The van der Waals surface area contributed by atoms with E-state index in [0.717, 1.165) is 6.26 Å². The number of sulfone groups is 1. The zero-order chi connectivity index (χ0) is 13.1. The summed E-state index contributed by atoms with van der Waals surface area (Å²) in [6, 6.07) is 3.03. The topological polar surface area (TPSA) is 93.2 Å². The Morgan fingerprint density at radius 2 is 1.94 bits per heavy atom. The molecule has 0 aliphatic carbocycles. The summed E-state index contributed by atoms with van der Waals surface area (Å²) in [5.74, 6) is -0.992. The number of hydrogen-bond acceptors (Lipinski definition) is 5. The number of nitrogens with one attached hydrogen (secondary N) is 1. The molecule has 0 saturated carbocycles. The fourth-order valence-corrected chi connectivity index (χ4v) is 3.79. The van der Waals surface area contributed by atoms with Gasteiger partial charge in [-0.3, -0.25) is 4.72 Å². The van der Waals surface area contributed by atoms with E-state index in [4.69, 9.17) is 11.6 Å². The van der Waals surface area contributed by atoms with Crippen LogP contribution in [0, 0.1) is 0 Å². The van der Waals surface area contributed by atoms with Crippen LogP contribution in [0.3, 0.4) is 0 Å². The molecule has 1 aromatic rings. The molecule has 1 rings (SSSR count). The molecule has 0 fully saturated rings. The van der Waals surface area contributed by atoms with Gasteiger partial charge in [0.2, 0.25) is 10.0 Å². The van der Waals surface area contributed by atoms with Crippen LogP contribution in [0.1, 0.15) is 0 Å². The second kappa shape index (κ2) is 5.19. The van der Waals surface area contributed by atoms with Crippen molar-refractivity contribution in [2.45, 2.75) is 0 Å². The summed E-state index contributed by atoms with van der Waals surface area (Å²) < 4.78 is 46.9. The number of aromatic nitrogens is 1. The largest absolute Gasteiger partial charge is 0.266 e. The van der Waals surface area contributed by atoms with Gasteiger partial charge in [0, 0.05) is 12.5 Å². The summed E-state index contributed by atoms with van der Waals surface area (Å²) in [5.41, 5.74) is 0. The van der Waals surface area contributed by atoms with Crippen molar-refractivity contribution in [3.63, 3.8) is 0 Å². The first-order chi connectivity index (χ1) is 7.70. The number of nitrogens with zero attached hydrogens (tertiary/aromatic N) is 1. The highest BCUT2D eigenvalue weighted by Crippen LogP contribution is 2.18. The molecule has 0 bridgehead atoms. The van der Waals surface area contributed by atoms with Crippen LogP contribution in [0.15, 0.2) is 18.3 Å². The van der Waals surface area contributed by atoms with Crippen LogP contribution in [0.5, 0.6) is 0 Å². The van der Waals surface area contributed by atoms with Gasteiger partial charge in [-0.05, 0) is 12.1 Å². The highest BCUT2D eigenvalue weighted by molar-refractivity contribution is 7.95. The van der Waals surface area contributed by atoms with E-state index in [1.807, 2.05) is 0 Å². The lowest BCUT2D eigenvalue weighted by atomic mass is 10.5. The Morgan fingerprint density at radius 1 is 1.29 bits per heavy atom. The van der Waals surface area contributed by atoms with E-state index in [0.29, 0.717) is 0 Å². The summed E-state index contributed by atoms with van der Waals surface area (Å²) >= 11 is 5.71. The number of anilines is 1. The average molecular weight is 299 g/mol. The maximum Gasteiger partial charge on any atom is 0.234 e. The van der Waals surface area contributed by atoms with Crippen molar-refractivity contribution in [3.8, 4) is 0 Å². The molecule has 17 heavy (non-hydrogen) atoms. The average Bonchev–Trinajstić information content (AvgIpc) is 2.18. The molecule has 0 aliphatic heterocycles. The van der Waals surface area contributed by atoms with Gasteiger partial charge in [-0.2, -0.15) is 0 Å². The molecular formula is C8H11ClN2O4S2. The Morgan fingerprint density at radius 3 is 2.47 bits per heavy atom. The monoisotopic (exact) mass is 298 g/mol. The SMILES string of the molecule is CS(=O)(=O)CCS(=O)(=O)Nc1ncccc1Cl. The molecule has 0 aliphatic rings. The number of sulfonamides is 1. The van der Waals surface area contributed by atoms with Crippen molar-refractivity contribution in [2.24, 2.45) is 0 Å². The van der Waals surface area contributed by atoms with Gasteiger partial charge in [-0.15, -0.1) is 0 Å². The molecule has 0 saturated heterocycles. The van der Waals surface area contributed by atoms with E-state index in [1.54, 1.807) is 6.07 Å². The van der Waals surface area contributed by atoms with Crippen LogP contribution in [0.4, 0.5) is 5.82 Å². The van der Waals surface area contributed by atoms with Crippen molar-refractivity contribution in [2.75, 3.05) is 22.5 Å². The molecule has 1 aromatic heterocycles. The van der Waals surface area contributed by atoms with Gasteiger partial charge in [-0.25, -0.2) is 21.8 Å². The second-order valence-corrected chi connectivity index (χ2v) is 7.89. The fourth-order valence-electron chi connectivity index (χ4n) is 0.920. The first kappa shape index (κ1) is 14.2. The Balaban J connectivity index is 2.78. The predicted molar refractivity (Wildman–Crippen MR) is 66.4 cm³/mol. The fraction of sp³-hybridized carbons (Fsp3) is 0.375. The van der Waals surface area contributed by atoms with Gasteiger partial charge in [0.25, 0.3) is 0 Å². The zero-order valence-corrected chi connectivity index (χ0v) is 11.3. The van der Waals surface area contributed by atoms with E-state index < -0.39 is 31.4 Å². The van der Waals surface area contributed by atoms with Crippen LogP contribution in [-0.2, 0) is 19.9 Å². The lowest BCUT2D eigenvalue weighted by Gasteiger charge is -2.07. The molecule has 0 aromatic carbocycles. The van der Waals surface area contributed by atoms with Crippen LogP contribution in [0.25, 0.3) is 0 Å². The Labute approximate surface area is 105 Å². The summed E-state index contributed by atoms with van der Waals surface area (Å²) in [4.78, 5) is 3.74. The van der Waals surface area contributed by atoms with Gasteiger partial charge >= 0.3 is 0 Å². The predicted octanol–water partition coefficient (Wildman–Crippen LogP) is 0.521. The molecule has 6 nitrogen and oxygen atoms in total. The summed E-state index contributed by atoms with van der Waals surface area (Å²) in [6.07, 6.45) is 2.34. The number of halogens is 1. The van der Waals surface area contributed by atoms with E-state index >= 15 is 0 Å². The van der Waals surface area contributed by atoms with Gasteiger partial charge in [0.1, 0.15) is 9.84 Å². The summed E-state index contributed by atoms with van der Waals surface area (Å²) in [5, 5.41) is 0.149. The maximum atomic E-state index is 11.5.